The van der Waals surface area contributed by atoms with Crippen LogP contribution in [0.15, 0.2) is 30.9 Å². The van der Waals surface area contributed by atoms with Gasteiger partial charge in [-0.15, -0.1) is 6.58 Å². The van der Waals surface area contributed by atoms with Crippen molar-refractivity contribution in [3.8, 4) is 0 Å². The maximum Gasteiger partial charge on any atom is 0.159 e. The Morgan fingerprint density at radius 2 is 1.41 bits per heavy atom. The Morgan fingerprint density at radius 3 is 2.00 bits per heavy atom. The highest BCUT2D eigenvalue weighted by molar-refractivity contribution is 5.22. The van der Waals surface area contributed by atoms with Crippen molar-refractivity contribution >= 4 is 0 Å². The molecular weight excluding hydrogens is 338 g/mol. The SMILES string of the molecule is C=CCC1CCC2CC(C3CCC(c4ccc(F)c(F)c4)CC3)CC2CC1. The van der Waals surface area contributed by atoms with E-state index >= 15 is 0 Å². The molecule has 2 unspecified atom stereocenters. The van der Waals surface area contributed by atoms with E-state index in [0.717, 1.165) is 48.0 Å². The molecule has 4 rings (SSSR count). The first kappa shape index (κ1) is 19.2. The Morgan fingerprint density at radius 1 is 0.778 bits per heavy atom. The monoisotopic (exact) mass is 372 g/mol. The molecule has 0 bridgehead atoms. The Balaban J connectivity index is 1.29. The van der Waals surface area contributed by atoms with Crippen LogP contribution in [0.2, 0.25) is 0 Å². The summed E-state index contributed by atoms with van der Waals surface area (Å²) >= 11 is 0. The number of benzene rings is 1. The molecule has 0 aromatic heterocycles. The van der Waals surface area contributed by atoms with E-state index in [1.807, 2.05) is 0 Å². The molecular formula is C25H34F2. The minimum absolute atomic E-state index is 0.419. The van der Waals surface area contributed by atoms with Gasteiger partial charge in [-0.25, -0.2) is 8.78 Å². The molecule has 3 aliphatic rings. The third kappa shape index (κ3) is 4.30. The van der Waals surface area contributed by atoms with Crippen molar-refractivity contribution in [1.29, 1.82) is 0 Å². The van der Waals surface area contributed by atoms with Crippen molar-refractivity contribution in [2.45, 2.75) is 76.5 Å². The van der Waals surface area contributed by atoms with Gasteiger partial charge in [-0.2, -0.15) is 0 Å². The molecule has 0 aliphatic heterocycles. The van der Waals surface area contributed by atoms with Gasteiger partial charge in [0.1, 0.15) is 0 Å². The first-order chi connectivity index (χ1) is 13.1. The lowest BCUT2D eigenvalue weighted by Crippen LogP contribution is -2.20. The van der Waals surface area contributed by atoms with Gasteiger partial charge >= 0.3 is 0 Å². The molecule has 0 amide bonds. The smallest absolute Gasteiger partial charge is 0.159 e. The maximum absolute atomic E-state index is 13.6. The Labute approximate surface area is 163 Å². The summed E-state index contributed by atoms with van der Waals surface area (Å²) in [5.74, 6) is 3.60. The molecule has 0 nitrogen and oxygen atoms in total. The van der Waals surface area contributed by atoms with Gasteiger partial charge in [-0.05, 0) is 124 Å². The fourth-order valence-corrected chi connectivity index (χ4v) is 6.56. The summed E-state index contributed by atoms with van der Waals surface area (Å²) in [6.45, 7) is 3.93. The third-order valence-corrected chi connectivity index (χ3v) is 8.12. The zero-order chi connectivity index (χ0) is 18.8. The summed E-state index contributed by atoms with van der Waals surface area (Å²) in [5.41, 5.74) is 0.997. The third-order valence-electron chi connectivity index (χ3n) is 8.12. The van der Waals surface area contributed by atoms with Crippen LogP contribution in [0.4, 0.5) is 8.78 Å². The van der Waals surface area contributed by atoms with Crippen LogP contribution in [0.1, 0.15) is 82.1 Å². The summed E-state index contributed by atoms with van der Waals surface area (Å²) in [6, 6.07) is 4.51. The van der Waals surface area contributed by atoms with Crippen LogP contribution in [-0.2, 0) is 0 Å². The lowest BCUT2D eigenvalue weighted by atomic mass is 9.73. The van der Waals surface area contributed by atoms with Gasteiger partial charge < -0.3 is 0 Å². The van der Waals surface area contributed by atoms with Crippen LogP contribution in [0.5, 0.6) is 0 Å². The minimum atomic E-state index is -0.729. The van der Waals surface area contributed by atoms with Gasteiger partial charge in [0.15, 0.2) is 11.6 Å². The van der Waals surface area contributed by atoms with Crippen LogP contribution < -0.4 is 0 Å². The lowest BCUT2D eigenvalue weighted by Gasteiger charge is -2.33. The van der Waals surface area contributed by atoms with E-state index in [1.165, 1.54) is 69.9 Å². The summed E-state index contributed by atoms with van der Waals surface area (Å²) < 4.78 is 26.7. The molecule has 0 spiro atoms. The summed E-state index contributed by atoms with van der Waals surface area (Å²) in [6.07, 6.45) is 16.7. The number of hydrogen-bond donors (Lipinski definition) is 0. The van der Waals surface area contributed by atoms with E-state index < -0.39 is 11.6 Å². The molecule has 0 radical (unpaired) electrons. The van der Waals surface area contributed by atoms with Crippen molar-refractivity contribution in [3.63, 3.8) is 0 Å². The van der Waals surface area contributed by atoms with Gasteiger partial charge in [0.25, 0.3) is 0 Å². The molecule has 3 saturated carbocycles. The van der Waals surface area contributed by atoms with E-state index in [0.29, 0.717) is 5.92 Å². The Kier molecular flexibility index (Phi) is 5.99. The van der Waals surface area contributed by atoms with Crippen LogP contribution >= 0.6 is 0 Å². The highest BCUT2D eigenvalue weighted by atomic mass is 19.2. The summed E-state index contributed by atoms with van der Waals surface area (Å²) in [7, 11) is 0. The highest BCUT2D eigenvalue weighted by Gasteiger charge is 2.40. The molecule has 2 atom stereocenters. The second-order valence-electron chi connectivity index (χ2n) is 9.58. The van der Waals surface area contributed by atoms with Crippen LogP contribution in [0, 0.1) is 41.2 Å². The van der Waals surface area contributed by atoms with Crippen LogP contribution in [0.3, 0.4) is 0 Å². The number of fused-ring (bicyclic) bond motifs is 1. The zero-order valence-corrected chi connectivity index (χ0v) is 16.5. The van der Waals surface area contributed by atoms with Gasteiger partial charge in [-0.1, -0.05) is 12.1 Å². The van der Waals surface area contributed by atoms with Crippen molar-refractivity contribution in [2.75, 3.05) is 0 Å². The fraction of sp³-hybridized carbons (Fsp3) is 0.680. The maximum atomic E-state index is 13.6. The first-order valence-electron chi connectivity index (χ1n) is 11.2. The normalized spacial score (nSPS) is 36.8. The molecule has 3 fully saturated rings. The molecule has 1 aromatic rings. The van der Waals surface area contributed by atoms with Crippen LogP contribution in [0.25, 0.3) is 0 Å². The second-order valence-corrected chi connectivity index (χ2v) is 9.58. The van der Waals surface area contributed by atoms with Crippen molar-refractivity contribution in [3.05, 3.63) is 48.1 Å². The molecule has 0 saturated heterocycles. The first-order valence-corrected chi connectivity index (χ1v) is 11.2. The molecule has 1 aromatic carbocycles. The Hall–Kier alpha value is -1.18. The highest BCUT2D eigenvalue weighted by Crippen LogP contribution is 2.51. The Bertz CT molecular complexity index is 628. The molecule has 27 heavy (non-hydrogen) atoms. The molecule has 148 valence electrons. The number of halogens is 2. The lowest BCUT2D eigenvalue weighted by molar-refractivity contribution is 0.225. The van der Waals surface area contributed by atoms with E-state index in [1.54, 1.807) is 6.07 Å². The molecule has 3 aliphatic carbocycles. The van der Waals surface area contributed by atoms with Crippen molar-refractivity contribution in [1.82, 2.24) is 0 Å². The van der Waals surface area contributed by atoms with E-state index in [4.69, 9.17) is 0 Å². The number of allylic oxidation sites excluding steroid dienone is 1. The zero-order valence-electron chi connectivity index (χ0n) is 16.5. The number of rotatable bonds is 4. The van der Waals surface area contributed by atoms with Gasteiger partial charge in [0.2, 0.25) is 0 Å². The van der Waals surface area contributed by atoms with Crippen LogP contribution in [-0.4, -0.2) is 0 Å². The van der Waals surface area contributed by atoms with E-state index in [9.17, 15) is 8.78 Å². The standard InChI is InChI=1S/C25H34F2/c1-2-3-17-4-6-20-14-23(15-21(20)7-5-17)19-10-8-18(9-11-19)22-12-13-24(26)25(27)16-22/h2,12-13,16-21,23H,1,3-11,14-15H2. The summed E-state index contributed by atoms with van der Waals surface area (Å²) in [4.78, 5) is 0. The largest absolute Gasteiger partial charge is 0.204 e. The van der Waals surface area contributed by atoms with E-state index in [2.05, 4.69) is 12.7 Å². The number of hydrogen-bond acceptors (Lipinski definition) is 0. The molecule has 0 heterocycles. The fourth-order valence-electron chi connectivity index (χ4n) is 6.56. The second kappa shape index (κ2) is 8.45. The minimum Gasteiger partial charge on any atom is -0.204 e. The average molecular weight is 373 g/mol. The average Bonchev–Trinajstić information content (AvgIpc) is 3.00. The van der Waals surface area contributed by atoms with Gasteiger partial charge in [0.05, 0.1) is 0 Å². The molecule has 0 N–H and O–H groups in total. The topological polar surface area (TPSA) is 0 Å². The molecule has 2 heteroatoms. The summed E-state index contributed by atoms with van der Waals surface area (Å²) in [5, 5.41) is 0. The quantitative estimate of drug-likeness (QED) is 0.476. The van der Waals surface area contributed by atoms with Crippen molar-refractivity contribution in [2.24, 2.45) is 29.6 Å². The predicted octanol–water partition coefficient (Wildman–Crippen LogP) is 7.65. The van der Waals surface area contributed by atoms with Gasteiger partial charge in [0, 0.05) is 0 Å². The van der Waals surface area contributed by atoms with E-state index in [-0.39, 0.29) is 0 Å². The van der Waals surface area contributed by atoms with Crippen molar-refractivity contribution < 1.29 is 8.78 Å². The predicted molar refractivity (Wildman–Crippen MR) is 108 cm³/mol. The van der Waals surface area contributed by atoms with Gasteiger partial charge in [-0.3, -0.25) is 0 Å².